The molecule has 0 aliphatic carbocycles. The fourth-order valence-electron chi connectivity index (χ4n) is 3.98. The predicted molar refractivity (Wildman–Crippen MR) is 95.8 cm³/mol. The van der Waals surface area contributed by atoms with Crippen molar-refractivity contribution in [1.82, 2.24) is 9.80 Å². The van der Waals surface area contributed by atoms with Crippen molar-refractivity contribution >= 4 is 12.0 Å². The van der Waals surface area contributed by atoms with Gasteiger partial charge in [0.15, 0.2) is 0 Å². The third-order valence-electron chi connectivity index (χ3n) is 5.52. The maximum Gasteiger partial charge on any atom is 0.416 e. The minimum absolute atomic E-state index is 0.0522. The molecule has 2 aliphatic heterocycles. The maximum atomic E-state index is 13.1. The van der Waals surface area contributed by atoms with Gasteiger partial charge in [0.1, 0.15) is 6.61 Å². The number of cyclic esters (lactones) is 1. The lowest BCUT2D eigenvalue weighted by atomic mass is 9.91. The maximum absolute atomic E-state index is 13.1. The van der Waals surface area contributed by atoms with Gasteiger partial charge in [-0.3, -0.25) is 9.69 Å². The van der Waals surface area contributed by atoms with Crippen molar-refractivity contribution in [3.63, 3.8) is 0 Å². The lowest BCUT2D eigenvalue weighted by molar-refractivity contribution is -0.134. The van der Waals surface area contributed by atoms with E-state index in [9.17, 15) is 9.59 Å². The highest BCUT2D eigenvalue weighted by Gasteiger charge is 2.46. The molecule has 5 heteroatoms. The van der Waals surface area contributed by atoms with Crippen LogP contribution in [0.4, 0.5) is 4.79 Å². The Balaban J connectivity index is 1.72. The third kappa shape index (κ3) is 3.71. The summed E-state index contributed by atoms with van der Waals surface area (Å²) in [7, 11) is 0. The quantitative estimate of drug-likeness (QED) is 0.823. The standard InChI is InChI=1S/C20H28N2O3/c1-4-16-11-21(10-15-8-6-5-7-9-15)12-17(16)19(23)22-18(14(2)3)13-25-20(22)24/h5-9,14,16-18H,4,10-13H2,1-3H3/t16-,17-,18+/m0/s1. The van der Waals surface area contributed by atoms with Crippen LogP contribution in [0, 0.1) is 17.8 Å². The summed E-state index contributed by atoms with van der Waals surface area (Å²) in [6.45, 7) is 8.96. The molecule has 2 saturated heterocycles. The van der Waals surface area contributed by atoms with Crippen LogP contribution in [0.3, 0.4) is 0 Å². The van der Waals surface area contributed by atoms with Gasteiger partial charge in [-0.25, -0.2) is 9.69 Å². The van der Waals surface area contributed by atoms with Gasteiger partial charge in [0.05, 0.1) is 12.0 Å². The number of carbonyl (C=O) groups excluding carboxylic acids is 2. The van der Waals surface area contributed by atoms with Gasteiger partial charge in [0, 0.05) is 19.6 Å². The van der Waals surface area contributed by atoms with E-state index in [1.165, 1.54) is 10.5 Å². The second-order valence-corrected chi connectivity index (χ2v) is 7.55. The summed E-state index contributed by atoms with van der Waals surface area (Å²) in [6, 6.07) is 10.2. The van der Waals surface area contributed by atoms with E-state index >= 15 is 0 Å². The van der Waals surface area contributed by atoms with Crippen LogP contribution in [0.2, 0.25) is 0 Å². The van der Waals surface area contributed by atoms with Crippen molar-refractivity contribution in [2.45, 2.75) is 39.8 Å². The zero-order valence-corrected chi connectivity index (χ0v) is 15.4. The molecule has 1 aromatic carbocycles. The van der Waals surface area contributed by atoms with Crippen molar-refractivity contribution in [1.29, 1.82) is 0 Å². The molecular weight excluding hydrogens is 316 g/mol. The summed E-state index contributed by atoms with van der Waals surface area (Å²) in [5, 5.41) is 0. The summed E-state index contributed by atoms with van der Waals surface area (Å²) in [4.78, 5) is 29.0. The van der Waals surface area contributed by atoms with E-state index in [1.807, 2.05) is 32.0 Å². The van der Waals surface area contributed by atoms with Gasteiger partial charge in [-0.05, 0) is 17.4 Å². The summed E-state index contributed by atoms with van der Waals surface area (Å²) in [5.41, 5.74) is 1.26. The molecule has 2 aliphatic rings. The van der Waals surface area contributed by atoms with E-state index < -0.39 is 6.09 Å². The van der Waals surface area contributed by atoms with Crippen LogP contribution in [0.15, 0.2) is 30.3 Å². The van der Waals surface area contributed by atoms with Crippen LogP contribution >= 0.6 is 0 Å². The number of imide groups is 1. The van der Waals surface area contributed by atoms with Gasteiger partial charge in [0.2, 0.25) is 5.91 Å². The highest BCUT2D eigenvalue weighted by atomic mass is 16.6. The lowest BCUT2D eigenvalue weighted by Gasteiger charge is -2.27. The van der Waals surface area contributed by atoms with Crippen molar-refractivity contribution in [2.24, 2.45) is 17.8 Å². The van der Waals surface area contributed by atoms with Gasteiger partial charge >= 0.3 is 6.09 Å². The SMILES string of the molecule is CC[C@H]1CN(Cc2ccccc2)C[C@@H]1C(=O)N1C(=O)OC[C@@H]1C(C)C. The first-order valence-electron chi connectivity index (χ1n) is 9.27. The highest BCUT2D eigenvalue weighted by Crippen LogP contribution is 2.32. The zero-order chi connectivity index (χ0) is 18.0. The molecule has 0 unspecified atom stereocenters. The number of likely N-dealkylation sites (tertiary alicyclic amines) is 1. The topological polar surface area (TPSA) is 49.9 Å². The van der Waals surface area contributed by atoms with Crippen molar-refractivity contribution in [3.8, 4) is 0 Å². The molecule has 0 N–H and O–H groups in total. The molecule has 0 saturated carbocycles. The van der Waals surface area contributed by atoms with E-state index in [0.29, 0.717) is 13.2 Å². The average molecular weight is 344 g/mol. The largest absolute Gasteiger partial charge is 0.447 e. The number of carbonyl (C=O) groups is 2. The molecule has 0 radical (unpaired) electrons. The zero-order valence-electron chi connectivity index (χ0n) is 15.4. The molecule has 2 amide bonds. The van der Waals surface area contributed by atoms with Gasteiger partial charge in [-0.1, -0.05) is 57.5 Å². The minimum atomic E-state index is -0.472. The minimum Gasteiger partial charge on any atom is -0.447 e. The summed E-state index contributed by atoms with van der Waals surface area (Å²) < 4.78 is 5.16. The van der Waals surface area contributed by atoms with Gasteiger partial charge in [-0.2, -0.15) is 0 Å². The van der Waals surface area contributed by atoms with Crippen LogP contribution in [-0.4, -0.2) is 47.5 Å². The highest BCUT2D eigenvalue weighted by molar-refractivity contribution is 5.95. The molecular formula is C20H28N2O3. The number of nitrogens with zero attached hydrogens (tertiary/aromatic N) is 2. The number of amides is 2. The molecule has 0 aromatic heterocycles. The van der Waals surface area contributed by atoms with Gasteiger partial charge < -0.3 is 4.74 Å². The van der Waals surface area contributed by atoms with Crippen LogP contribution in [-0.2, 0) is 16.1 Å². The third-order valence-corrected chi connectivity index (χ3v) is 5.52. The molecule has 0 bridgehead atoms. The Morgan fingerprint density at radius 1 is 1.24 bits per heavy atom. The first kappa shape index (κ1) is 17.9. The van der Waals surface area contributed by atoms with Crippen LogP contribution in [0.1, 0.15) is 32.8 Å². The molecule has 5 nitrogen and oxygen atoms in total. The van der Waals surface area contributed by atoms with Gasteiger partial charge in [0.25, 0.3) is 0 Å². The summed E-state index contributed by atoms with van der Waals surface area (Å²) >= 11 is 0. The molecule has 2 fully saturated rings. The van der Waals surface area contributed by atoms with E-state index in [1.54, 1.807) is 0 Å². The summed E-state index contributed by atoms with van der Waals surface area (Å²) in [6.07, 6.45) is 0.469. The Kier molecular flexibility index (Phi) is 5.42. The Hall–Kier alpha value is -1.88. The van der Waals surface area contributed by atoms with E-state index in [4.69, 9.17) is 4.74 Å². The predicted octanol–water partition coefficient (Wildman–Crippen LogP) is 3.15. The van der Waals surface area contributed by atoms with Crippen molar-refractivity contribution in [3.05, 3.63) is 35.9 Å². The molecule has 0 spiro atoms. The van der Waals surface area contributed by atoms with Crippen LogP contribution in [0.5, 0.6) is 0 Å². The van der Waals surface area contributed by atoms with E-state index in [-0.39, 0.29) is 29.7 Å². The second-order valence-electron chi connectivity index (χ2n) is 7.55. The molecule has 1 aromatic rings. The van der Waals surface area contributed by atoms with Crippen LogP contribution < -0.4 is 0 Å². The molecule has 3 rings (SSSR count). The monoisotopic (exact) mass is 344 g/mol. The molecule has 3 atom stereocenters. The van der Waals surface area contributed by atoms with Crippen molar-refractivity contribution in [2.75, 3.05) is 19.7 Å². The Morgan fingerprint density at radius 3 is 2.60 bits per heavy atom. The van der Waals surface area contributed by atoms with Gasteiger partial charge in [-0.15, -0.1) is 0 Å². The average Bonchev–Trinajstić information content (AvgIpc) is 3.18. The number of benzene rings is 1. The van der Waals surface area contributed by atoms with Crippen molar-refractivity contribution < 1.29 is 14.3 Å². The number of hydrogen-bond acceptors (Lipinski definition) is 4. The van der Waals surface area contributed by atoms with E-state index in [2.05, 4.69) is 24.0 Å². The smallest absolute Gasteiger partial charge is 0.416 e. The molecule has 2 heterocycles. The number of ether oxygens (including phenoxy) is 1. The summed E-state index contributed by atoms with van der Waals surface area (Å²) in [5.74, 6) is 0.318. The fraction of sp³-hybridized carbons (Fsp3) is 0.600. The number of rotatable bonds is 5. The normalized spacial score (nSPS) is 27.1. The second kappa shape index (κ2) is 7.56. The number of hydrogen-bond donors (Lipinski definition) is 0. The molecule has 136 valence electrons. The lowest BCUT2D eigenvalue weighted by Crippen LogP contribution is -2.46. The molecule has 25 heavy (non-hydrogen) atoms. The van der Waals surface area contributed by atoms with E-state index in [0.717, 1.165) is 19.5 Å². The Labute approximate surface area is 149 Å². The first-order chi connectivity index (χ1) is 12.0. The van der Waals surface area contributed by atoms with Crippen LogP contribution in [0.25, 0.3) is 0 Å². The first-order valence-corrected chi connectivity index (χ1v) is 9.27. The fourth-order valence-corrected chi connectivity index (χ4v) is 3.98. The Bertz CT molecular complexity index is 617. The Morgan fingerprint density at radius 2 is 1.96 bits per heavy atom.